The average molecular weight is 366 g/mol. The molecule has 1 aliphatic heterocycles. The fourth-order valence-electron chi connectivity index (χ4n) is 2.73. The summed E-state index contributed by atoms with van der Waals surface area (Å²) in [6.45, 7) is 2.02. The van der Waals surface area contributed by atoms with Gasteiger partial charge < -0.3 is 10.1 Å². The van der Waals surface area contributed by atoms with E-state index in [2.05, 4.69) is 5.32 Å². The predicted molar refractivity (Wildman–Crippen MR) is 98.5 cm³/mol. The molecule has 138 valence electrons. The van der Waals surface area contributed by atoms with Crippen molar-refractivity contribution >= 4 is 35.1 Å². The van der Waals surface area contributed by atoms with E-state index in [0.29, 0.717) is 29.1 Å². The van der Waals surface area contributed by atoms with Gasteiger partial charge in [-0.3, -0.25) is 19.3 Å². The Morgan fingerprint density at radius 1 is 0.926 bits per heavy atom. The summed E-state index contributed by atoms with van der Waals surface area (Å²) in [5.74, 6) is -1.24. The summed E-state index contributed by atoms with van der Waals surface area (Å²) in [5.41, 5.74) is 1.77. The standard InChI is InChI=1S/C20H18N2O5/c1-2-27-20(26)14-3-7-15(8-4-14)21-19(25)13-5-9-16(10-6-13)22-17(23)11-12-18(22)24/h3-10H,2,11-12H2,1H3,(H,21,25). The van der Waals surface area contributed by atoms with Crippen LogP contribution < -0.4 is 10.2 Å². The number of carbonyl (C=O) groups is 4. The molecule has 0 radical (unpaired) electrons. The average Bonchev–Trinajstić information content (AvgIpc) is 3.01. The van der Waals surface area contributed by atoms with E-state index in [-0.39, 0.29) is 30.6 Å². The number of hydrogen-bond donors (Lipinski definition) is 1. The van der Waals surface area contributed by atoms with Crippen molar-refractivity contribution in [2.45, 2.75) is 19.8 Å². The van der Waals surface area contributed by atoms with Gasteiger partial charge in [-0.2, -0.15) is 0 Å². The zero-order valence-corrected chi connectivity index (χ0v) is 14.7. The van der Waals surface area contributed by atoms with Crippen LogP contribution in [-0.2, 0) is 14.3 Å². The van der Waals surface area contributed by atoms with Crippen molar-refractivity contribution in [1.29, 1.82) is 0 Å². The zero-order valence-electron chi connectivity index (χ0n) is 14.7. The lowest BCUT2D eigenvalue weighted by molar-refractivity contribution is -0.121. The molecule has 1 fully saturated rings. The second kappa shape index (κ2) is 7.82. The molecule has 27 heavy (non-hydrogen) atoms. The molecule has 1 saturated heterocycles. The second-order valence-corrected chi connectivity index (χ2v) is 5.92. The first-order valence-corrected chi connectivity index (χ1v) is 8.54. The Labute approximate surface area is 155 Å². The van der Waals surface area contributed by atoms with Gasteiger partial charge in [0.1, 0.15) is 0 Å². The number of ether oxygens (including phenoxy) is 1. The third-order valence-electron chi connectivity index (χ3n) is 4.09. The molecule has 0 aromatic heterocycles. The van der Waals surface area contributed by atoms with E-state index < -0.39 is 5.97 Å². The second-order valence-electron chi connectivity index (χ2n) is 5.92. The molecule has 1 heterocycles. The van der Waals surface area contributed by atoms with Crippen LogP contribution in [-0.4, -0.2) is 30.3 Å². The van der Waals surface area contributed by atoms with Crippen LogP contribution in [0.2, 0.25) is 0 Å². The Balaban J connectivity index is 1.67. The first-order valence-electron chi connectivity index (χ1n) is 8.54. The molecule has 0 bridgehead atoms. The topological polar surface area (TPSA) is 92.8 Å². The summed E-state index contributed by atoms with van der Waals surface area (Å²) in [5, 5.41) is 2.72. The molecule has 3 amide bonds. The van der Waals surface area contributed by atoms with E-state index in [4.69, 9.17) is 4.74 Å². The van der Waals surface area contributed by atoms with Gasteiger partial charge in [0.2, 0.25) is 11.8 Å². The van der Waals surface area contributed by atoms with Crippen LogP contribution in [0.25, 0.3) is 0 Å². The number of esters is 1. The number of nitrogens with one attached hydrogen (secondary N) is 1. The lowest BCUT2D eigenvalue weighted by Gasteiger charge is -2.14. The fourth-order valence-corrected chi connectivity index (χ4v) is 2.73. The Hall–Kier alpha value is -3.48. The monoisotopic (exact) mass is 366 g/mol. The molecule has 7 heteroatoms. The molecule has 2 aromatic rings. The van der Waals surface area contributed by atoms with Crippen molar-refractivity contribution in [2.24, 2.45) is 0 Å². The largest absolute Gasteiger partial charge is 0.462 e. The van der Waals surface area contributed by atoms with E-state index in [0.717, 1.165) is 4.90 Å². The Bertz CT molecular complexity index is 872. The van der Waals surface area contributed by atoms with Crippen LogP contribution >= 0.6 is 0 Å². The number of amides is 3. The van der Waals surface area contributed by atoms with Crippen LogP contribution in [0.4, 0.5) is 11.4 Å². The fraction of sp³-hybridized carbons (Fsp3) is 0.200. The lowest BCUT2D eigenvalue weighted by Crippen LogP contribution is -2.28. The van der Waals surface area contributed by atoms with Crippen molar-refractivity contribution < 1.29 is 23.9 Å². The zero-order chi connectivity index (χ0) is 19.4. The van der Waals surface area contributed by atoms with Crippen LogP contribution in [0.1, 0.15) is 40.5 Å². The van der Waals surface area contributed by atoms with Gasteiger partial charge in [0, 0.05) is 24.1 Å². The Morgan fingerprint density at radius 2 is 1.48 bits per heavy atom. The maximum absolute atomic E-state index is 12.3. The summed E-state index contributed by atoms with van der Waals surface area (Å²) >= 11 is 0. The van der Waals surface area contributed by atoms with Crippen LogP contribution in [0.15, 0.2) is 48.5 Å². The van der Waals surface area contributed by atoms with Crippen LogP contribution in [0, 0.1) is 0 Å². The van der Waals surface area contributed by atoms with Gasteiger partial charge >= 0.3 is 5.97 Å². The molecule has 0 spiro atoms. The molecular formula is C20H18N2O5. The van der Waals surface area contributed by atoms with Gasteiger partial charge in [-0.05, 0) is 55.5 Å². The predicted octanol–water partition coefficient (Wildman–Crippen LogP) is 2.77. The minimum Gasteiger partial charge on any atom is -0.462 e. The molecule has 0 aliphatic carbocycles. The van der Waals surface area contributed by atoms with Gasteiger partial charge in [0.05, 0.1) is 17.9 Å². The van der Waals surface area contributed by atoms with Gasteiger partial charge in [-0.1, -0.05) is 0 Å². The highest BCUT2D eigenvalue weighted by Gasteiger charge is 2.30. The number of nitrogens with zero attached hydrogens (tertiary/aromatic N) is 1. The maximum Gasteiger partial charge on any atom is 0.338 e. The molecule has 7 nitrogen and oxygen atoms in total. The summed E-state index contributed by atoms with van der Waals surface area (Å²) in [6.07, 6.45) is 0.422. The summed E-state index contributed by atoms with van der Waals surface area (Å²) in [6, 6.07) is 12.6. The van der Waals surface area contributed by atoms with Crippen LogP contribution in [0.3, 0.4) is 0 Å². The number of carbonyl (C=O) groups excluding carboxylic acids is 4. The van der Waals surface area contributed by atoms with E-state index in [1.165, 1.54) is 0 Å². The first-order chi connectivity index (χ1) is 13.0. The van der Waals surface area contributed by atoms with Crippen molar-refractivity contribution in [3.63, 3.8) is 0 Å². The highest BCUT2D eigenvalue weighted by Crippen LogP contribution is 2.23. The van der Waals surface area contributed by atoms with Crippen molar-refractivity contribution in [3.8, 4) is 0 Å². The van der Waals surface area contributed by atoms with Crippen molar-refractivity contribution in [1.82, 2.24) is 0 Å². The van der Waals surface area contributed by atoms with Crippen LogP contribution in [0.5, 0.6) is 0 Å². The number of anilines is 2. The maximum atomic E-state index is 12.3. The highest BCUT2D eigenvalue weighted by molar-refractivity contribution is 6.20. The number of hydrogen-bond acceptors (Lipinski definition) is 5. The van der Waals surface area contributed by atoms with Crippen molar-refractivity contribution in [2.75, 3.05) is 16.8 Å². The summed E-state index contributed by atoms with van der Waals surface area (Å²) in [7, 11) is 0. The Morgan fingerprint density at radius 3 is 2.04 bits per heavy atom. The van der Waals surface area contributed by atoms with E-state index in [9.17, 15) is 19.2 Å². The van der Waals surface area contributed by atoms with Crippen molar-refractivity contribution in [3.05, 3.63) is 59.7 Å². The number of imide groups is 1. The molecule has 2 aromatic carbocycles. The summed E-state index contributed by atoms with van der Waals surface area (Å²) in [4.78, 5) is 48.6. The molecule has 0 saturated carbocycles. The molecular weight excluding hydrogens is 348 g/mol. The third-order valence-corrected chi connectivity index (χ3v) is 4.09. The Kier molecular flexibility index (Phi) is 5.30. The number of rotatable bonds is 5. The molecule has 0 unspecified atom stereocenters. The van der Waals surface area contributed by atoms with E-state index in [1.807, 2.05) is 0 Å². The molecule has 0 atom stereocenters. The normalized spacial score (nSPS) is 13.6. The smallest absolute Gasteiger partial charge is 0.338 e. The molecule has 1 N–H and O–H groups in total. The first kappa shape index (κ1) is 18.3. The van der Waals surface area contributed by atoms with E-state index in [1.54, 1.807) is 55.5 Å². The van der Waals surface area contributed by atoms with Gasteiger partial charge in [0.25, 0.3) is 5.91 Å². The quantitative estimate of drug-likeness (QED) is 0.649. The third kappa shape index (κ3) is 4.03. The molecule has 1 aliphatic rings. The van der Waals surface area contributed by atoms with E-state index >= 15 is 0 Å². The minimum atomic E-state index is -0.419. The van der Waals surface area contributed by atoms with Gasteiger partial charge in [-0.15, -0.1) is 0 Å². The minimum absolute atomic E-state index is 0.211. The molecule has 3 rings (SSSR count). The lowest BCUT2D eigenvalue weighted by atomic mass is 10.1. The SMILES string of the molecule is CCOC(=O)c1ccc(NC(=O)c2ccc(N3C(=O)CCC3=O)cc2)cc1. The highest BCUT2D eigenvalue weighted by atomic mass is 16.5. The number of benzene rings is 2. The van der Waals surface area contributed by atoms with Gasteiger partial charge in [-0.25, -0.2) is 4.79 Å². The van der Waals surface area contributed by atoms with Gasteiger partial charge in [0.15, 0.2) is 0 Å². The summed E-state index contributed by atoms with van der Waals surface area (Å²) < 4.78 is 4.91.